The number of ether oxygens (including phenoxy) is 1. The molecule has 4 aliphatic heterocycles. The van der Waals surface area contributed by atoms with Gasteiger partial charge in [0.05, 0.1) is 36.0 Å². The Labute approximate surface area is 197 Å². The second kappa shape index (κ2) is 7.58. The number of hydrogen-bond acceptors (Lipinski definition) is 9. The maximum atomic E-state index is 14.0. The summed E-state index contributed by atoms with van der Waals surface area (Å²) in [5, 5.41) is 17.1. The summed E-state index contributed by atoms with van der Waals surface area (Å²) in [5.41, 5.74) is 1.78. The Hall–Kier alpha value is -2.85. The first-order valence-electron chi connectivity index (χ1n) is 11.7. The van der Waals surface area contributed by atoms with Gasteiger partial charge in [0.2, 0.25) is 11.6 Å². The number of methoxy groups -OCH3 is 1. The van der Waals surface area contributed by atoms with Crippen LogP contribution in [-0.2, 0) is 14.3 Å². The summed E-state index contributed by atoms with van der Waals surface area (Å²) in [5.74, 6) is -1.04. The fraction of sp³-hybridized carbons (Fsp3) is 0.480. The van der Waals surface area contributed by atoms with E-state index < -0.39 is 11.6 Å². The van der Waals surface area contributed by atoms with Crippen LogP contribution in [0.15, 0.2) is 47.3 Å². The Bertz CT molecular complexity index is 1160. The SMILES string of the molecule is COC12C(CO)C3=C(C(=O)C=C(N4CCNCC4c4ccc(C(C)=O)cc4)C3=O)N1CC1NC12. The zero-order valence-electron chi connectivity index (χ0n) is 19.2. The van der Waals surface area contributed by atoms with Gasteiger partial charge in [-0.25, -0.2) is 0 Å². The third kappa shape index (κ3) is 2.78. The van der Waals surface area contributed by atoms with Crippen molar-refractivity contribution in [3.8, 4) is 0 Å². The molecule has 0 amide bonds. The zero-order chi connectivity index (χ0) is 23.8. The molecule has 1 aromatic carbocycles. The number of carbonyl (C=O) groups is 3. The Morgan fingerprint density at radius 3 is 2.71 bits per heavy atom. The molecule has 5 aliphatic rings. The second-order valence-corrected chi connectivity index (χ2v) is 9.63. The third-order valence-corrected chi connectivity index (χ3v) is 8.05. The van der Waals surface area contributed by atoms with Crippen molar-refractivity contribution >= 4 is 17.3 Å². The van der Waals surface area contributed by atoms with Gasteiger partial charge in [-0.1, -0.05) is 24.3 Å². The standard InChI is InChI=1S/C25H28N4O5/c1-13(31)14-3-5-15(6-4-14)19-10-26-7-8-28(19)18-9-20(32)22-21(23(18)33)16(12-30)25(34-2)24-17(27-24)11-29(22)25/h3-6,9,16-17,19,24,26-27,30H,7-8,10-12H2,1-2H3. The van der Waals surface area contributed by atoms with Gasteiger partial charge in [-0.05, 0) is 12.5 Å². The third-order valence-electron chi connectivity index (χ3n) is 8.05. The highest BCUT2D eigenvalue weighted by atomic mass is 16.5. The lowest BCUT2D eigenvalue weighted by Crippen LogP contribution is -2.54. The predicted molar refractivity (Wildman–Crippen MR) is 122 cm³/mol. The monoisotopic (exact) mass is 464 g/mol. The van der Waals surface area contributed by atoms with Crippen molar-refractivity contribution in [2.45, 2.75) is 30.8 Å². The summed E-state index contributed by atoms with van der Waals surface area (Å²) in [6.07, 6.45) is 1.46. The van der Waals surface area contributed by atoms with Crippen molar-refractivity contribution in [2.75, 3.05) is 39.9 Å². The number of ketones is 3. The summed E-state index contributed by atoms with van der Waals surface area (Å²) >= 11 is 0. The van der Waals surface area contributed by atoms with E-state index in [0.717, 1.165) is 5.56 Å². The van der Waals surface area contributed by atoms with Crippen LogP contribution in [0.3, 0.4) is 0 Å². The number of fused-ring (bicyclic) bond motifs is 4. The number of hydrogen-bond donors (Lipinski definition) is 3. The lowest BCUT2D eigenvalue weighted by molar-refractivity contribution is -0.136. The van der Waals surface area contributed by atoms with Gasteiger partial charge in [0.25, 0.3) is 0 Å². The fourth-order valence-electron chi connectivity index (χ4n) is 6.41. The van der Waals surface area contributed by atoms with Crippen molar-refractivity contribution in [1.82, 2.24) is 20.4 Å². The molecule has 5 unspecified atom stereocenters. The van der Waals surface area contributed by atoms with Crippen LogP contribution in [0.1, 0.15) is 28.9 Å². The molecule has 0 radical (unpaired) electrons. The number of aliphatic hydroxyl groups is 1. The van der Waals surface area contributed by atoms with Gasteiger partial charge in [0.1, 0.15) is 0 Å². The maximum absolute atomic E-state index is 14.0. The number of rotatable bonds is 5. The predicted octanol–water partition coefficient (Wildman–Crippen LogP) is -0.254. The lowest BCUT2D eigenvalue weighted by atomic mass is 9.83. The molecule has 9 nitrogen and oxygen atoms in total. The lowest BCUT2D eigenvalue weighted by Gasteiger charge is -2.40. The molecule has 178 valence electrons. The van der Waals surface area contributed by atoms with Crippen LogP contribution in [0.2, 0.25) is 0 Å². The van der Waals surface area contributed by atoms with Gasteiger partial charge < -0.3 is 30.3 Å². The summed E-state index contributed by atoms with van der Waals surface area (Å²) < 4.78 is 5.95. The molecule has 9 heteroatoms. The minimum Gasteiger partial charge on any atom is -0.396 e. The summed E-state index contributed by atoms with van der Waals surface area (Å²) in [6, 6.07) is 7.41. The molecule has 4 heterocycles. The van der Waals surface area contributed by atoms with E-state index in [1.807, 2.05) is 21.9 Å². The van der Waals surface area contributed by atoms with Gasteiger partial charge >= 0.3 is 0 Å². The van der Waals surface area contributed by atoms with Crippen LogP contribution in [0, 0.1) is 5.92 Å². The Morgan fingerprint density at radius 1 is 1.26 bits per heavy atom. The molecular weight excluding hydrogens is 436 g/mol. The summed E-state index contributed by atoms with van der Waals surface area (Å²) in [4.78, 5) is 43.0. The largest absolute Gasteiger partial charge is 0.396 e. The van der Waals surface area contributed by atoms with Gasteiger partial charge in [-0.2, -0.15) is 0 Å². The molecule has 0 spiro atoms. The highest BCUT2D eigenvalue weighted by Gasteiger charge is 2.72. The number of Topliss-reactive ketones (excluding diaryl/α,β-unsaturated/α-hetero) is 2. The molecule has 34 heavy (non-hydrogen) atoms. The smallest absolute Gasteiger partial charge is 0.207 e. The number of piperazine rings is 2. The van der Waals surface area contributed by atoms with Crippen molar-refractivity contribution in [2.24, 2.45) is 5.92 Å². The zero-order valence-corrected chi connectivity index (χ0v) is 19.2. The van der Waals surface area contributed by atoms with E-state index in [1.165, 1.54) is 13.0 Å². The molecule has 3 N–H and O–H groups in total. The molecule has 5 atom stereocenters. The molecule has 1 aromatic rings. The van der Waals surface area contributed by atoms with E-state index in [2.05, 4.69) is 10.6 Å². The molecule has 3 saturated heterocycles. The first-order valence-corrected chi connectivity index (χ1v) is 11.7. The molecular formula is C25H28N4O5. The summed E-state index contributed by atoms with van der Waals surface area (Å²) in [7, 11) is 1.58. The van der Waals surface area contributed by atoms with Crippen LogP contribution in [0.4, 0.5) is 0 Å². The molecule has 0 aromatic heterocycles. The van der Waals surface area contributed by atoms with E-state index in [1.54, 1.807) is 19.2 Å². The van der Waals surface area contributed by atoms with Crippen molar-refractivity contribution in [3.05, 3.63) is 58.4 Å². The molecule has 1 aliphatic carbocycles. The Balaban J connectivity index is 1.36. The van der Waals surface area contributed by atoms with Crippen LogP contribution in [-0.4, -0.2) is 90.0 Å². The second-order valence-electron chi connectivity index (χ2n) is 9.63. The van der Waals surface area contributed by atoms with Crippen LogP contribution in [0.25, 0.3) is 0 Å². The minimum absolute atomic E-state index is 0.00306. The fourth-order valence-corrected chi connectivity index (χ4v) is 6.41. The maximum Gasteiger partial charge on any atom is 0.207 e. The van der Waals surface area contributed by atoms with Gasteiger partial charge in [-0.3, -0.25) is 14.4 Å². The molecule has 0 saturated carbocycles. The van der Waals surface area contributed by atoms with Crippen LogP contribution in [0.5, 0.6) is 0 Å². The van der Waals surface area contributed by atoms with E-state index in [0.29, 0.717) is 48.7 Å². The van der Waals surface area contributed by atoms with Crippen molar-refractivity contribution < 1.29 is 24.2 Å². The average Bonchev–Trinajstić information content (AvgIpc) is 3.46. The topological polar surface area (TPSA) is 121 Å². The number of benzene rings is 1. The van der Waals surface area contributed by atoms with Crippen molar-refractivity contribution in [1.29, 1.82) is 0 Å². The Kier molecular flexibility index (Phi) is 4.83. The van der Waals surface area contributed by atoms with E-state index in [-0.39, 0.29) is 42.1 Å². The van der Waals surface area contributed by atoms with Gasteiger partial charge in [0, 0.05) is 56.5 Å². The van der Waals surface area contributed by atoms with Crippen LogP contribution >= 0.6 is 0 Å². The number of nitrogens with zero attached hydrogens (tertiary/aromatic N) is 2. The number of aliphatic hydroxyl groups excluding tert-OH is 1. The van der Waals surface area contributed by atoms with E-state index >= 15 is 0 Å². The number of carbonyl (C=O) groups excluding carboxylic acids is 3. The number of nitrogens with one attached hydrogen (secondary N) is 2. The van der Waals surface area contributed by atoms with Crippen molar-refractivity contribution in [3.63, 3.8) is 0 Å². The summed E-state index contributed by atoms with van der Waals surface area (Å²) in [6.45, 7) is 3.67. The first-order chi connectivity index (χ1) is 16.4. The average molecular weight is 465 g/mol. The highest BCUT2D eigenvalue weighted by molar-refractivity contribution is 6.23. The van der Waals surface area contributed by atoms with Crippen LogP contribution < -0.4 is 10.6 Å². The van der Waals surface area contributed by atoms with Gasteiger partial charge in [0.15, 0.2) is 11.5 Å². The molecule has 3 fully saturated rings. The first kappa shape index (κ1) is 21.7. The quantitative estimate of drug-likeness (QED) is 0.308. The normalized spacial score (nSPS) is 34.1. The van der Waals surface area contributed by atoms with Gasteiger partial charge in [-0.15, -0.1) is 0 Å². The Morgan fingerprint density at radius 2 is 2.03 bits per heavy atom. The highest BCUT2D eigenvalue weighted by Crippen LogP contribution is 2.55. The molecule has 6 rings (SSSR count). The molecule has 0 bridgehead atoms. The van der Waals surface area contributed by atoms with E-state index in [9.17, 15) is 19.5 Å². The minimum atomic E-state index is -0.913. The number of allylic oxidation sites excluding steroid dienone is 2. The van der Waals surface area contributed by atoms with E-state index in [4.69, 9.17) is 4.74 Å².